The molecule has 5 heteroatoms. The maximum absolute atomic E-state index is 11.7. The SMILES string of the molecule is CNC(=O)c1cccc(CN(C)C(=O)C(C)C)n1.[HH]. The van der Waals surface area contributed by atoms with Crippen LogP contribution in [0, 0.1) is 5.92 Å². The van der Waals surface area contributed by atoms with Crippen molar-refractivity contribution in [1.82, 2.24) is 15.2 Å². The van der Waals surface area contributed by atoms with Crippen molar-refractivity contribution in [1.29, 1.82) is 0 Å². The minimum atomic E-state index is -0.227. The highest BCUT2D eigenvalue weighted by Crippen LogP contribution is 2.06. The van der Waals surface area contributed by atoms with Crippen molar-refractivity contribution in [2.75, 3.05) is 14.1 Å². The number of carbonyl (C=O) groups is 2. The molecule has 0 saturated heterocycles. The third-order valence-electron chi connectivity index (χ3n) is 2.54. The third kappa shape index (κ3) is 3.55. The summed E-state index contributed by atoms with van der Waals surface area (Å²) in [6.07, 6.45) is 0. The van der Waals surface area contributed by atoms with Gasteiger partial charge in [-0.15, -0.1) is 0 Å². The summed E-state index contributed by atoms with van der Waals surface area (Å²) in [5, 5.41) is 2.52. The molecule has 0 fully saturated rings. The Morgan fingerprint density at radius 3 is 2.67 bits per heavy atom. The second-order valence-electron chi connectivity index (χ2n) is 4.44. The number of nitrogens with zero attached hydrogens (tertiary/aromatic N) is 2. The number of amides is 2. The van der Waals surface area contributed by atoms with Crippen molar-refractivity contribution in [3.8, 4) is 0 Å². The maximum atomic E-state index is 11.7. The van der Waals surface area contributed by atoms with E-state index in [0.717, 1.165) is 0 Å². The van der Waals surface area contributed by atoms with E-state index < -0.39 is 0 Å². The summed E-state index contributed by atoms with van der Waals surface area (Å²) in [4.78, 5) is 29.0. The molecule has 1 N–H and O–H groups in total. The maximum Gasteiger partial charge on any atom is 0.269 e. The summed E-state index contributed by atoms with van der Waals surface area (Å²) in [6.45, 7) is 4.11. The molecule has 1 heterocycles. The van der Waals surface area contributed by atoms with Crippen LogP contribution in [0.3, 0.4) is 0 Å². The van der Waals surface area contributed by atoms with E-state index in [0.29, 0.717) is 17.9 Å². The number of aromatic nitrogens is 1. The molecule has 0 spiro atoms. The minimum absolute atomic E-state index is 0. The summed E-state index contributed by atoms with van der Waals surface area (Å²) in [5.74, 6) is -0.214. The average Bonchev–Trinajstić information content (AvgIpc) is 2.36. The zero-order valence-electron chi connectivity index (χ0n) is 11.2. The van der Waals surface area contributed by atoms with E-state index in [1.165, 1.54) is 0 Å². The van der Waals surface area contributed by atoms with Crippen molar-refractivity contribution < 1.29 is 11.0 Å². The molecule has 0 saturated carbocycles. The fourth-order valence-electron chi connectivity index (χ4n) is 1.58. The lowest BCUT2D eigenvalue weighted by Crippen LogP contribution is -2.30. The van der Waals surface area contributed by atoms with Crippen LogP contribution >= 0.6 is 0 Å². The lowest BCUT2D eigenvalue weighted by atomic mass is 10.2. The molecule has 0 aliphatic carbocycles. The van der Waals surface area contributed by atoms with Gasteiger partial charge in [0.05, 0.1) is 12.2 Å². The first-order valence-electron chi connectivity index (χ1n) is 5.88. The standard InChI is InChI=1S/C13H19N3O2.H2/c1-9(2)13(18)16(4)8-10-6-5-7-11(15-10)12(17)14-3;/h5-7,9H,8H2,1-4H3,(H,14,17);1H. The molecule has 0 bridgehead atoms. The first-order valence-corrected chi connectivity index (χ1v) is 5.88. The number of hydrogen-bond acceptors (Lipinski definition) is 3. The van der Waals surface area contributed by atoms with Crippen molar-refractivity contribution >= 4 is 11.8 Å². The van der Waals surface area contributed by atoms with Crippen LogP contribution in [-0.4, -0.2) is 35.8 Å². The molecular formula is C13H21N3O2. The van der Waals surface area contributed by atoms with Gasteiger partial charge in [0.1, 0.15) is 5.69 Å². The average molecular weight is 251 g/mol. The normalized spacial score (nSPS) is 10.3. The molecule has 0 unspecified atom stereocenters. The van der Waals surface area contributed by atoms with Crippen LogP contribution < -0.4 is 5.32 Å². The quantitative estimate of drug-likeness (QED) is 0.877. The van der Waals surface area contributed by atoms with Gasteiger partial charge in [-0.25, -0.2) is 4.98 Å². The minimum Gasteiger partial charge on any atom is -0.354 e. The summed E-state index contributed by atoms with van der Waals surface area (Å²) in [5.41, 5.74) is 1.06. The molecule has 100 valence electrons. The molecule has 0 radical (unpaired) electrons. The molecule has 0 aliphatic rings. The second kappa shape index (κ2) is 6.14. The van der Waals surface area contributed by atoms with Gasteiger partial charge in [0.15, 0.2) is 0 Å². The van der Waals surface area contributed by atoms with Crippen LogP contribution in [0.2, 0.25) is 0 Å². The van der Waals surface area contributed by atoms with Gasteiger partial charge in [0.2, 0.25) is 5.91 Å². The van der Waals surface area contributed by atoms with Gasteiger partial charge < -0.3 is 10.2 Å². The Morgan fingerprint density at radius 1 is 1.44 bits per heavy atom. The van der Waals surface area contributed by atoms with Gasteiger partial charge in [-0.2, -0.15) is 0 Å². The molecule has 1 aromatic heterocycles. The number of hydrogen-bond donors (Lipinski definition) is 1. The first kappa shape index (κ1) is 14.2. The summed E-state index contributed by atoms with van der Waals surface area (Å²) >= 11 is 0. The van der Waals surface area contributed by atoms with Gasteiger partial charge in [-0.3, -0.25) is 9.59 Å². The molecule has 2 amide bonds. The Morgan fingerprint density at radius 2 is 2.11 bits per heavy atom. The third-order valence-corrected chi connectivity index (χ3v) is 2.54. The summed E-state index contributed by atoms with van der Waals surface area (Å²) < 4.78 is 0. The predicted octanol–water partition coefficient (Wildman–Crippen LogP) is 1.30. The van der Waals surface area contributed by atoms with Crippen molar-refractivity contribution in [3.63, 3.8) is 0 Å². The topological polar surface area (TPSA) is 62.3 Å². The van der Waals surface area contributed by atoms with E-state index in [9.17, 15) is 9.59 Å². The van der Waals surface area contributed by atoms with Crippen LogP contribution in [0.4, 0.5) is 0 Å². The number of pyridine rings is 1. The van der Waals surface area contributed by atoms with Crippen LogP contribution in [0.1, 0.15) is 31.5 Å². The summed E-state index contributed by atoms with van der Waals surface area (Å²) in [7, 11) is 3.29. The molecular weight excluding hydrogens is 230 g/mol. The number of nitrogens with one attached hydrogen (secondary N) is 1. The van der Waals surface area contributed by atoms with E-state index >= 15 is 0 Å². The van der Waals surface area contributed by atoms with Crippen molar-refractivity contribution in [2.24, 2.45) is 5.92 Å². The molecule has 5 nitrogen and oxygen atoms in total. The highest BCUT2D eigenvalue weighted by Gasteiger charge is 2.14. The lowest BCUT2D eigenvalue weighted by molar-refractivity contribution is -0.133. The fraction of sp³-hybridized carbons (Fsp3) is 0.462. The van der Waals surface area contributed by atoms with E-state index in [1.807, 2.05) is 13.8 Å². The Bertz CT molecular complexity index is 449. The highest BCUT2D eigenvalue weighted by atomic mass is 16.2. The largest absolute Gasteiger partial charge is 0.354 e. The molecule has 0 aliphatic heterocycles. The van der Waals surface area contributed by atoms with E-state index in [4.69, 9.17) is 0 Å². The smallest absolute Gasteiger partial charge is 0.269 e. The van der Waals surface area contributed by atoms with Crippen LogP contribution in [0.25, 0.3) is 0 Å². The van der Waals surface area contributed by atoms with Crippen molar-refractivity contribution in [2.45, 2.75) is 20.4 Å². The van der Waals surface area contributed by atoms with Gasteiger partial charge in [0.25, 0.3) is 5.91 Å². The fourth-order valence-corrected chi connectivity index (χ4v) is 1.58. The van der Waals surface area contributed by atoms with Gasteiger partial charge in [0, 0.05) is 21.4 Å². The second-order valence-corrected chi connectivity index (χ2v) is 4.44. The summed E-state index contributed by atoms with van der Waals surface area (Å²) in [6, 6.07) is 5.21. The Balaban J connectivity index is 0.00000324. The molecule has 1 rings (SSSR count). The molecule has 1 aromatic rings. The van der Waals surface area contributed by atoms with Crippen LogP contribution in [0.5, 0.6) is 0 Å². The van der Waals surface area contributed by atoms with Crippen LogP contribution in [0.15, 0.2) is 18.2 Å². The number of carbonyl (C=O) groups excluding carboxylic acids is 2. The first-order chi connectivity index (χ1) is 8.45. The lowest BCUT2D eigenvalue weighted by Gasteiger charge is -2.19. The van der Waals surface area contributed by atoms with Gasteiger partial charge in [-0.1, -0.05) is 19.9 Å². The van der Waals surface area contributed by atoms with Gasteiger partial charge in [-0.05, 0) is 12.1 Å². The van der Waals surface area contributed by atoms with Crippen molar-refractivity contribution in [3.05, 3.63) is 29.6 Å². The Kier molecular flexibility index (Phi) is 4.83. The molecule has 0 aromatic carbocycles. The molecule has 0 atom stereocenters. The zero-order valence-corrected chi connectivity index (χ0v) is 11.2. The Labute approximate surface area is 109 Å². The number of rotatable bonds is 4. The van der Waals surface area contributed by atoms with E-state index in [1.54, 1.807) is 37.2 Å². The van der Waals surface area contributed by atoms with E-state index in [-0.39, 0.29) is 19.2 Å². The monoisotopic (exact) mass is 251 g/mol. The van der Waals surface area contributed by atoms with Gasteiger partial charge >= 0.3 is 0 Å². The zero-order chi connectivity index (χ0) is 13.7. The van der Waals surface area contributed by atoms with E-state index in [2.05, 4.69) is 10.3 Å². The molecule has 18 heavy (non-hydrogen) atoms. The predicted molar refractivity (Wildman–Crippen MR) is 71.1 cm³/mol. The Hall–Kier alpha value is -1.91. The van der Waals surface area contributed by atoms with Crippen LogP contribution in [-0.2, 0) is 11.3 Å². The highest BCUT2D eigenvalue weighted by molar-refractivity contribution is 5.92.